The number of aliphatic carboxylic acids is 4. The van der Waals surface area contributed by atoms with Crippen molar-refractivity contribution in [1.29, 1.82) is 0 Å². The molecule has 0 aromatic carbocycles. The van der Waals surface area contributed by atoms with Crippen LogP contribution in [0.15, 0.2) is 23.3 Å². The molecule has 0 fully saturated rings. The number of unbranched alkanes of at least 4 members (excludes halogenated alkanes) is 12. The molecule has 0 atom stereocenters. The van der Waals surface area contributed by atoms with Crippen molar-refractivity contribution in [2.24, 2.45) is 0 Å². The summed E-state index contributed by atoms with van der Waals surface area (Å²) in [6, 6.07) is 0. The van der Waals surface area contributed by atoms with Crippen molar-refractivity contribution < 1.29 is 39.6 Å². The molecule has 0 aliphatic rings. The Bertz CT molecular complexity index is 671. The molecule has 0 unspecified atom stereocenters. The maximum atomic E-state index is 10.3. The monoisotopic (exact) mass is 686 g/mol. The zero-order valence-electron chi connectivity index (χ0n) is 26.1. The molecule has 8 nitrogen and oxygen atoms in total. The first-order valence-corrected chi connectivity index (χ1v) is 19.6. The van der Waals surface area contributed by atoms with E-state index < -0.39 is 23.9 Å². The molecule has 0 bridgehead atoms. The standard InChI is InChI=1S/2C8H12O4.2C8H17.Sn/c2*1-2-3-4-6(8(11)12)5-7(9)10;2*1-3-5-7-8-6-4-2;/h2*5H,2-4H2,1H3,(H,9,10)(H,11,12);2*1,3-8H2,2H3;/q;;;;+4/p-4/b2*6-5-;;;. The fourth-order valence-corrected chi connectivity index (χ4v) is 7.24. The molecule has 0 rings (SSSR count). The van der Waals surface area contributed by atoms with E-state index in [2.05, 4.69) is 13.8 Å². The van der Waals surface area contributed by atoms with Crippen LogP contribution in [0.2, 0.25) is 8.87 Å². The minimum absolute atomic E-state index is 0.0736. The number of carbonyl (C=O) groups excluding carboxylic acids is 4. The molecule has 234 valence electrons. The van der Waals surface area contributed by atoms with E-state index in [0.717, 1.165) is 12.8 Å². The normalized spacial score (nSPS) is 11.1. The average Bonchev–Trinajstić information content (AvgIpc) is 2.91. The van der Waals surface area contributed by atoms with Gasteiger partial charge in [0.15, 0.2) is 0 Å². The molecule has 0 aromatic heterocycles. The topological polar surface area (TPSA) is 161 Å². The van der Waals surface area contributed by atoms with Crippen molar-refractivity contribution in [3.05, 3.63) is 23.3 Å². The number of carboxylic acids is 4. The van der Waals surface area contributed by atoms with E-state index in [9.17, 15) is 39.6 Å². The molecular formula is C32H54O8Sn. The predicted molar refractivity (Wildman–Crippen MR) is 157 cm³/mol. The summed E-state index contributed by atoms with van der Waals surface area (Å²) >= 11 is 0.0736. The zero-order chi connectivity index (χ0) is 31.7. The van der Waals surface area contributed by atoms with Crippen LogP contribution in [-0.2, 0) is 19.2 Å². The molecule has 9 heteroatoms. The van der Waals surface area contributed by atoms with Crippen molar-refractivity contribution >= 4 is 45.0 Å². The van der Waals surface area contributed by atoms with Gasteiger partial charge in [-0.3, -0.25) is 0 Å². The van der Waals surface area contributed by atoms with Gasteiger partial charge in [0.2, 0.25) is 0 Å². The van der Waals surface area contributed by atoms with Crippen LogP contribution in [0.5, 0.6) is 0 Å². The summed E-state index contributed by atoms with van der Waals surface area (Å²) < 4.78 is 3.31. The third-order valence-corrected chi connectivity index (χ3v) is 10.2. The first-order chi connectivity index (χ1) is 19.6. The van der Waals surface area contributed by atoms with Gasteiger partial charge in [-0.15, -0.1) is 0 Å². The molecule has 0 spiro atoms. The Balaban J connectivity index is -0.000000542. The van der Waals surface area contributed by atoms with Crippen LogP contribution in [-0.4, -0.2) is 45.0 Å². The van der Waals surface area contributed by atoms with Gasteiger partial charge in [0.1, 0.15) is 0 Å². The second-order valence-corrected chi connectivity index (χ2v) is 14.3. The van der Waals surface area contributed by atoms with Crippen molar-refractivity contribution in [1.82, 2.24) is 0 Å². The van der Waals surface area contributed by atoms with E-state index in [1.807, 2.05) is 13.8 Å². The summed E-state index contributed by atoms with van der Waals surface area (Å²) in [4.78, 5) is 40.5. The van der Waals surface area contributed by atoms with Crippen LogP contribution < -0.4 is 20.4 Å². The molecule has 0 saturated heterocycles. The SMILES string of the molecule is CCCC/C(=C/C(=O)[O-])C(=O)[O-].CCCC/C(=C/C(=O)[O-])C(=O)[O-].CCCCCCC[CH2][Sn+4][CH2]CCCCCCC. The van der Waals surface area contributed by atoms with Crippen molar-refractivity contribution in [2.75, 3.05) is 0 Å². The first-order valence-electron chi connectivity index (χ1n) is 15.5. The molecule has 0 aliphatic heterocycles. The van der Waals surface area contributed by atoms with Crippen LogP contribution in [0.25, 0.3) is 0 Å². The summed E-state index contributed by atoms with van der Waals surface area (Å²) in [5.41, 5.74) is -0.422. The molecule has 41 heavy (non-hydrogen) atoms. The van der Waals surface area contributed by atoms with Crippen molar-refractivity contribution in [3.8, 4) is 0 Å². The van der Waals surface area contributed by atoms with Gasteiger partial charge in [-0.05, 0) is 49.0 Å². The molecule has 0 aromatic rings. The van der Waals surface area contributed by atoms with E-state index in [4.69, 9.17) is 0 Å². The summed E-state index contributed by atoms with van der Waals surface area (Å²) in [7, 11) is 0. The Hall–Kier alpha value is -1.84. The van der Waals surface area contributed by atoms with Crippen molar-refractivity contribution in [2.45, 2.75) is 152 Å². The molecule has 0 N–H and O–H groups in total. The molecule has 0 amide bonds. The molecular weight excluding hydrogens is 631 g/mol. The fourth-order valence-electron chi connectivity index (χ4n) is 3.67. The molecule has 6 radical (unpaired) electrons. The number of carbonyl (C=O) groups is 4. The fraction of sp³-hybridized carbons (Fsp3) is 0.750. The Labute approximate surface area is 259 Å². The third kappa shape index (κ3) is 38.2. The first kappa shape index (κ1) is 43.6. The van der Waals surface area contributed by atoms with Crippen LogP contribution in [0.4, 0.5) is 0 Å². The number of hydrogen-bond acceptors (Lipinski definition) is 8. The van der Waals surface area contributed by atoms with E-state index >= 15 is 0 Å². The van der Waals surface area contributed by atoms with Gasteiger partial charge in [-0.25, -0.2) is 0 Å². The molecule has 0 heterocycles. The Morgan fingerprint density at radius 2 is 0.756 bits per heavy atom. The zero-order valence-corrected chi connectivity index (χ0v) is 28.9. The van der Waals surface area contributed by atoms with Crippen LogP contribution >= 0.6 is 0 Å². The summed E-state index contributed by atoms with van der Waals surface area (Å²) in [6.07, 6.45) is 22.3. The number of hydrogen-bond donors (Lipinski definition) is 0. The number of carboxylic acid groups (broad SMARTS) is 4. The van der Waals surface area contributed by atoms with Gasteiger partial charge >= 0.3 is 121 Å². The van der Waals surface area contributed by atoms with Crippen LogP contribution in [0.1, 0.15) is 143 Å². The maximum absolute atomic E-state index is 10.3. The van der Waals surface area contributed by atoms with E-state index in [1.165, 1.54) is 64.2 Å². The van der Waals surface area contributed by atoms with Crippen molar-refractivity contribution in [3.63, 3.8) is 0 Å². The van der Waals surface area contributed by atoms with Gasteiger partial charge in [-0.2, -0.15) is 0 Å². The Morgan fingerprint density at radius 1 is 0.463 bits per heavy atom. The Morgan fingerprint density at radius 3 is 1.02 bits per heavy atom. The summed E-state index contributed by atoms with van der Waals surface area (Å²) in [5.74, 6) is -5.86. The summed E-state index contributed by atoms with van der Waals surface area (Å²) in [6.45, 7) is 8.36. The van der Waals surface area contributed by atoms with Gasteiger partial charge in [0.05, 0.1) is 23.9 Å². The van der Waals surface area contributed by atoms with E-state index in [1.54, 1.807) is 21.7 Å². The van der Waals surface area contributed by atoms with Crippen LogP contribution in [0.3, 0.4) is 0 Å². The van der Waals surface area contributed by atoms with Gasteiger partial charge in [0.25, 0.3) is 0 Å². The van der Waals surface area contributed by atoms with E-state index in [0.29, 0.717) is 25.0 Å². The molecule has 0 aliphatic carbocycles. The minimum atomic E-state index is -1.50. The number of rotatable bonds is 24. The quantitative estimate of drug-likeness (QED) is 0.0849. The van der Waals surface area contributed by atoms with Gasteiger partial charge in [0, 0.05) is 0 Å². The second-order valence-electron chi connectivity index (χ2n) is 10.0. The Kier molecular flexibility index (Phi) is 36.5. The third-order valence-electron chi connectivity index (χ3n) is 6.12. The van der Waals surface area contributed by atoms with Crippen LogP contribution in [0, 0.1) is 0 Å². The average molecular weight is 685 g/mol. The van der Waals surface area contributed by atoms with Gasteiger partial charge in [-0.1, -0.05) is 26.7 Å². The predicted octanol–water partition coefficient (Wildman–Crippen LogP) is 3.45. The molecule has 0 saturated carbocycles. The second kappa shape index (κ2) is 34.4. The van der Waals surface area contributed by atoms with E-state index in [-0.39, 0.29) is 45.1 Å². The van der Waals surface area contributed by atoms with Gasteiger partial charge < -0.3 is 39.6 Å². The summed E-state index contributed by atoms with van der Waals surface area (Å²) in [5, 5.41) is 40.5.